The Kier molecular flexibility index (Phi) is 4.65. The van der Waals surface area contributed by atoms with Crippen LogP contribution >= 0.6 is 11.6 Å². The second kappa shape index (κ2) is 6.82. The number of halogens is 3. The highest BCUT2D eigenvalue weighted by Gasteiger charge is 2.40. The van der Waals surface area contributed by atoms with Gasteiger partial charge in [-0.05, 0) is 26.0 Å². The Morgan fingerprint density at radius 2 is 1.92 bits per heavy atom. The molecule has 0 N–H and O–H groups in total. The maximum absolute atomic E-state index is 12.9. The van der Waals surface area contributed by atoms with Gasteiger partial charge in [-0.25, -0.2) is 13.6 Å². The van der Waals surface area contributed by atoms with E-state index in [0.29, 0.717) is 23.0 Å². The Balaban J connectivity index is 1.62. The van der Waals surface area contributed by atoms with Gasteiger partial charge in [-0.15, -0.1) is 0 Å². The van der Waals surface area contributed by atoms with Gasteiger partial charge in [-0.2, -0.15) is 0 Å². The Morgan fingerprint density at radius 1 is 1.27 bits per heavy atom. The molecule has 2 aromatic rings. The van der Waals surface area contributed by atoms with Crippen molar-refractivity contribution in [2.45, 2.75) is 56.8 Å². The summed E-state index contributed by atoms with van der Waals surface area (Å²) in [6.07, 6.45) is 1.17. The van der Waals surface area contributed by atoms with Crippen molar-refractivity contribution in [1.29, 1.82) is 0 Å². The van der Waals surface area contributed by atoms with E-state index >= 15 is 0 Å². The van der Waals surface area contributed by atoms with Crippen molar-refractivity contribution in [1.82, 2.24) is 9.47 Å². The third-order valence-corrected chi connectivity index (χ3v) is 6.15. The molecule has 0 amide bonds. The third kappa shape index (κ3) is 2.99. The van der Waals surface area contributed by atoms with Gasteiger partial charge in [0.25, 0.3) is 6.43 Å². The standard InChI is InChI=1S/C19H21ClF2N2O2/c1-23-11-6-7-12(23)9-13(8-11)26-19(25)17-14-4-2-3-5-15(14)24(18(17)20)10-16(21)22/h2-5,11-13,16H,6-10H2,1H3/t11-,12+,13-. The summed E-state index contributed by atoms with van der Waals surface area (Å²) in [5, 5.41) is 0.575. The highest BCUT2D eigenvalue weighted by atomic mass is 35.5. The summed E-state index contributed by atoms with van der Waals surface area (Å²) in [5.74, 6) is -0.520. The monoisotopic (exact) mass is 382 g/mol. The molecule has 4 nitrogen and oxygen atoms in total. The zero-order valence-electron chi connectivity index (χ0n) is 14.5. The molecule has 0 saturated carbocycles. The van der Waals surface area contributed by atoms with Crippen LogP contribution in [0.25, 0.3) is 10.9 Å². The smallest absolute Gasteiger partial charge is 0.342 e. The van der Waals surface area contributed by atoms with Crippen molar-refractivity contribution >= 4 is 28.5 Å². The molecule has 1 aromatic carbocycles. The lowest BCUT2D eigenvalue weighted by atomic mass is 10.0. The first kappa shape index (κ1) is 17.7. The molecule has 2 fully saturated rings. The summed E-state index contributed by atoms with van der Waals surface area (Å²) in [6, 6.07) is 7.81. The molecule has 26 heavy (non-hydrogen) atoms. The fraction of sp³-hybridized carbons (Fsp3) is 0.526. The fourth-order valence-electron chi connectivity index (χ4n) is 4.45. The fourth-order valence-corrected chi connectivity index (χ4v) is 4.79. The number of piperidine rings is 1. The van der Waals surface area contributed by atoms with Gasteiger partial charge in [0, 0.05) is 30.3 Å². The number of carbonyl (C=O) groups excluding carboxylic acids is 1. The number of hydrogen-bond acceptors (Lipinski definition) is 3. The number of ether oxygens (including phenoxy) is 1. The van der Waals surface area contributed by atoms with Crippen LogP contribution in [0.15, 0.2) is 24.3 Å². The number of rotatable bonds is 4. The van der Waals surface area contributed by atoms with Gasteiger partial charge < -0.3 is 14.2 Å². The van der Waals surface area contributed by atoms with Crippen LogP contribution in [0.3, 0.4) is 0 Å². The number of alkyl halides is 2. The van der Waals surface area contributed by atoms with Crippen LogP contribution in [0.4, 0.5) is 8.78 Å². The first-order chi connectivity index (χ1) is 12.5. The molecule has 2 bridgehead atoms. The zero-order valence-corrected chi connectivity index (χ0v) is 15.3. The quantitative estimate of drug-likeness (QED) is 0.738. The minimum Gasteiger partial charge on any atom is -0.459 e. The van der Waals surface area contributed by atoms with Gasteiger partial charge in [0.2, 0.25) is 0 Å². The number of nitrogens with zero attached hydrogens (tertiary/aromatic N) is 2. The maximum atomic E-state index is 12.9. The van der Waals surface area contributed by atoms with Gasteiger partial charge in [0.15, 0.2) is 0 Å². The Bertz CT molecular complexity index is 824. The summed E-state index contributed by atoms with van der Waals surface area (Å²) >= 11 is 6.32. The van der Waals surface area contributed by atoms with E-state index in [2.05, 4.69) is 11.9 Å². The SMILES string of the molecule is CN1[C@@H]2CC[C@H]1C[C@H](OC(=O)c1c(Cl)n(CC(F)F)c3ccccc13)C2. The molecule has 3 heterocycles. The van der Waals surface area contributed by atoms with Crippen molar-refractivity contribution in [2.75, 3.05) is 7.05 Å². The van der Waals surface area contributed by atoms with Gasteiger partial charge in [-0.3, -0.25) is 0 Å². The largest absolute Gasteiger partial charge is 0.459 e. The van der Waals surface area contributed by atoms with Crippen LogP contribution in [-0.2, 0) is 11.3 Å². The second-order valence-electron chi connectivity index (χ2n) is 7.23. The third-order valence-electron chi connectivity index (χ3n) is 5.76. The van der Waals surface area contributed by atoms with Crippen molar-refractivity contribution in [3.8, 4) is 0 Å². The molecule has 3 atom stereocenters. The lowest BCUT2D eigenvalue weighted by Gasteiger charge is -2.35. The van der Waals surface area contributed by atoms with E-state index in [1.165, 1.54) is 4.57 Å². The molecular formula is C19H21ClF2N2O2. The van der Waals surface area contributed by atoms with E-state index in [9.17, 15) is 13.6 Å². The van der Waals surface area contributed by atoms with Crippen LogP contribution < -0.4 is 0 Å². The number of hydrogen-bond donors (Lipinski definition) is 0. The molecule has 0 aliphatic carbocycles. The molecule has 2 saturated heterocycles. The summed E-state index contributed by atoms with van der Waals surface area (Å²) in [5.41, 5.74) is 0.711. The molecule has 0 spiro atoms. The molecule has 7 heteroatoms. The van der Waals surface area contributed by atoms with E-state index in [-0.39, 0.29) is 16.8 Å². The summed E-state index contributed by atoms with van der Waals surface area (Å²) in [4.78, 5) is 15.2. The number of carbonyl (C=O) groups is 1. The normalized spacial score (nSPS) is 26.0. The van der Waals surface area contributed by atoms with Gasteiger partial charge in [0.1, 0.15) is 16.8 Å². The molecule has 2 aliphatic rings. The topological polar surface area (TPSA) is 34.5 Å². The van der Waals surface area contributed by atoms with E-state index < -0.39 is 18.9 Å². The van der Waals surface area contributed by atoms with E-state index in [0.717, 1.165) is 25.7 Å². The van der Waals surface area contributed by atoms with Gasteiger partial charge in [-0.1, -0.05) is 29.8 Å². The van der Waals surface area contributed by atoms with Crippen LogP contribution in [0.1, 0.15) is 36.0 Å². The molecule has 4 rings (SSSR count). The second-order valence-corrected chi connectivity index (χ2v) is 7.59. The van der Waals surface area contributed by atoms with Crippen molar-refractivity contribution < 1.29 is 18.3 Å². The van der Waals surface area contributed by atoms with Crippen LogP contribution in [0.5, 0.6) is 0 Å². The minimum absolute atomic E-state index is 0.0207. The molecular weight excluding hydrogens is 362 g/mol. The average molecular weight is 383 g/mol. The summed E-state index contributed by atoms with van der Waals surface area (Å²) < 4.78 is 32.9. The van der Waals surface area contributed by atoms with Crippen molar-refractivity contribution in [3.05, 3.63) is 35.0 Å². The van der Waals surface area contributed by atoms with Crippen LogP contribution in [-0.4, -0.2) is 47.1 Å². The molecule has 0 unspecified atom stereocenters. The van der Waals surface area contributed by atoms with E-state index in [1.807, 2.05) is 0 Å². The first-order valence-electron chi connectivity index (χ1n) is 8.93. The van der Waals surface area contributed by atoms with Gasteiger partial charge in [0.05, 0.1) is 12.1 Å². The number of fused-ring (bicyclic) bond motifs is 3. The van der Waals surface area contributed by atoms with Crippen LogP contribution in [0, 0.1) is 0 Å². The predicted molar refractivity (Wildman–Crippen MR) is 96.0 cm³/mol. The number of esters is 1. The number of para-hydroxylation sites is 1. The maximum Gasteiger partial charge on any atom is 0.342 e. The van der Waals surface area contributed by atoms with Gasteiger partial charge >= 0.3 is 5.97 Å². The summed E-state index contributed by atoms with van der Waals surface area (Å²) in [6.45, 7) is -0.551. The highest BCUT2D eigenvalue weighted by molar-refractivity contribution is 6.35. The summed E-state index contributed by atoms with van der Waals surface area (Å²) in [7, 11) is 2.12. The highest BCUT2D eigenvalue weighted by Crippen LogP contribution is 2.37. The minimum atomic E-state index is -2.56. The molecule has 1 aromatic heterocycles. The average Bonchev–Trinajstić information content (AvgIpc) is 2.97. The lowest BCUT2D eigenvalue weighted by molar-refractivity contribution is -0.000298. The molecule has 2 aliphatic heterocycles. The Morgan fingerprint density at radius 3 is 2.58 bits per heavy atom. The number of aromatic nitrogens is 1. The van der Waals surface area contributed by atoms with E-state index in [1.54, 1.807) is 24.3 Å². The Hall–Kier alpha value is -1.66. The number of benzene rings is 1. The molecule has 0 radical (unpaired) electrons. The van der Waals surface area contributed by atoms with Crippen LogP contribution in [0.2, 0.25) is 5.15 Å². The van der Waals surface area contributed by atoms with Crippen molar-refractivity contribution in [2.24, 2.45) is 0 Å². The lowest BCUT2D eigenvalue weighted by Crippen LogP contribution is -2.43. The zero-order chi connectivity index (χ0) is 18.4. The van der Waals surface area contributed by atoms with E-state index in [4.69, 9.17) is 16.3 Å². The predicted octanol–water partition coefficient (Wildman–Crippen LogP) is 4.34. The molecule has 140 valence electrons. The van der Waals surface area contributed by atoms with Crippen molar-refractivity contribution in [3.63, 3.8) is 0 Å². The first-order valence-corrected chi connectivity index (χ1v) is 9.31. The Labute approximate surface area is 155 Å².